The molecule has 2 N–H and O–H groups in total. The molecule has 1 aliphatic carbocycles. The number of H-pyrrole nitrogens is 1. The summed E-state index contributed by atoms with van der Waals surface area (Å²) in [6.45, 7) is 1.91. The molecule has 4 heteroatoms. The molecule has 1 aromatic heterocycles. The van der Waals surface area contributed by atoms with Crippen LogP contribution >= 0.6 is 0 Å². The molecule has 0 spiro atoms. The van der Waals surface area contributed by atoms with Crippen LogP contribution in [0.15, 0.2) is 24.4 Å². The minimum absolute atomic E-state index is 0.00898. The summed E-state index contributed by atoms with van der Waals surface area (Å²) in [6, 6.07) is 6.39. The Bertz CT molecular complexity index is 616. The normalized spacial score (nSPS) is 13.3. The van der Waals surface area contributed by atoms with Gasteiger partial charge in [-0.15, -0.1) is 0 Å². The number of carbonyl (C=O) groups excluding carboxylic acids is 1. The van der Waals surface area contributed by atoms with Crippen molar-refractivity contribution in [2.24, 2.45) is 0 Å². The van der Waals surface area contributed by atoms with E-state index < -0.39 is 0 Å². The molecule has 2 aromatic rings. The second-order valence-electron chi connectivity index (χ2n) is 5.11. The number of nitrogens with zero attached hydrogens (tertiary/aromatic N) is 1. The van der Waals surface area contributed by atoms with Crippen molar-refractivity contribution in [2.75, 3.05) is 5.32 Å². The van der Waals surface area contributed by atoms with Crippen molar-refractivity contribution >= 4 is 11.7 Å². The van der Waals surface area contributed by atoms with Gasteiger partial charge in [0, 0.05) is 5.56 Å². The maximum Gasteiger partial charge on any atom is 0.229 e. The largest absolute Gasteiger partial charge is 0.311 e. The summed E-state index contributed by atoms with van der Waals surface area (Å²) < 4.78 is 0. The van der Waals surface area contributed by atoms with Crippen molar-refractivity contribution in [2.45, 2.75) is 32.6 Å². The van der Waals surface area contributed by atoms with Crippen molar-refractivity contribution in [1.29, 1.82) is 0 Å². The van der Waals surface area contributed by atoms with Crippen molar-refractivity contribution < 1.29 is 4.79 Å². The van der Waals surface area contributed by atoms with E-state index in [9.17, 15) is 4.79 Å². The average Bonchev–Trinajstić information content (AvgIpc) is 2.98. The number of aryl methyl sites for hydroxylation is 3. The van der Waals surface area contributed by atoms with Gasteiger partial charge in [0.25, 0.3) is 0 Å². The number of aromatic nitrogens is 2. The molecular weight excluding hydrogens is 238 g/mol. The SMILES string of the molecule is Cc1cn[nH]c1NC(=O)Cc1ccc2c(c1)CCC2. The highest BCUT2D eigenvalue weighted by molar-refractivity contribution is 5.91. The van der Waals surface area contributed by atoms with E-state index in [0.717, 1.165) is 17.5 Å². The first-order valence-corrected chi connectivity index (χ1v) is 6.63. The minimum Gasteiger partial charge on any atom is -0.311 e. The highest BCUT2D eigenvalue weighted by Gasteiger charge is 2.12. The fourth-order valence-corrected chi connectivity index (χ4v) is 2.58. The zero-order chi connectivity index (χ0) is 13.2. The monoisotopic (exact) mass is 255 g/mol. The molecule has 0 bridgehead atoms. The minimum atomic E-state index is -0.00898. The maximum atomic E-state index is 12.0. The lowest BCUT2D eigenvalue weighted by Crippen LogP contribution is -2.15. The van der Waals surface area contributed by atoms with E-state index in [2.05, 4.69) is 33.7 Å². The van der Waals surface area contributed by atoms with E-state index in [4.69, 9.17) is 0 Å². The van der Waals surface area contributed by atoms with Crippen LogP contribution in [0.2, 0.25) is 0 Å². The second-order valence-corrected chi connectivity index (χ2v) is 5.11. The molecule has 1 aliphatic rings. The molecule has 1 aromatic carbocycles. The lowest BCUT2D eigenvalue weighted by Gasteiger charge is -2.06. The first-order chi connectivity index (χ1) is 9.22. The van der Waals surface area contributed by atoms with Crippen LogP contribution < -0.4 is 5.32 Å². The molecule has 4 nitrogen and oxygen atoms in total. The Morgan fingerprint density at radius 3 is 3.00 bits per heavy atom. The Morgan fingerprint density at radius 1 is 1.37 bits per heavy atom. The topological polar surface area (TPSA) is 57.8 Å². The average molecular weight is 255 g/mol. The molecule has 0 aliphatic heterocycles. The molecule has 98 valence electrons. The molecule has 1 amide bonds. The number of nitrogens with one attached hydrogen (secondary N) is 2. The van der Waals surface area contributed by atoms with Gasteiger partial charge in [0.05, 0.1) is 12.6 Å². The zero-order valence-corrected chi connectivity index (χ0v) is 11.0. The van der Waals surface area contributed by atoms with Crippen LogP contribution in [0, 0.1) is 6.92 Å². The highest BCUT2D eigenvalue weighted by Crippen LogP contribution is 2.23. The van der Waals surface area contributed by atoms with Crippen molar-refractivity contribution in [3.63, 3.8) is 0 Å². The van der Waals surface area contributed by atoms with Crippen molar-refractivity contribution in [3.8, 4) is 0 Å². The van der Waals surface area contributed by atoms with Crippen molar-refractivity contribution in [3.05, 3.63) is 46.6 Å². The highest BCUT2D eigenvalue weighted by atomic mass is 16.1. The molecule has 19 heavy (non-hydrogen) atoms. The number of anilines is 1. The van der Waals surface area contributed by atoms with E-state index in [1.807, 2.05) is 6.92 Å². The molecule has 3 rings (SSSR count). The quantitative estimate of drug-likeness (QED) is 0.884. The van der Waals surface area contributed by atoms with Crippen LogP contribution in [0.25, 0.3) is 0 Å². The van der Waals surface area contributed by atoms with E-state index >= 15 is 0 Å². The van der Waals surface area contributed by atoms with E-state index in [0.29, 0.717) is 12.2 Å². The van der Waals surface area contributed by atoms with Crippen LogP contribution in [-0.4, -0.2) is 16.1 Å². The molecule has 0 fully saturated rings. The van der Waals surface area contributed by atoms with Crippen LogP contribution in [0.1, 0.15) is 28.7 Å². The standard InChI is InChI=1S/C15H17N3O/c1-10-9-16-18-15(10)17-14(19)8-11-5-6-12-3-2-4-13(12)7-11/h5-7,9H,2-4,8H2,1H3,(H2,16,17,18,19). The van der Waals surface area contributed by atoms with Gasteiger partial charge in [0.1, 0.15) is 5.82 Å². The lowest BCUT2D eigenvalue weighted by molar-refractivity contribution is -0.115. The number of aromatic amines is 1. The first-order valence-electron chi connectivity index (χ1n) is 6.63. The third kappa shape index (κ3) is 2.52. The van der Waals surface area contributed by atoms with Gasteiger partial charge >= 0.3 is 0 Å². The lowest BCUT2D eigenvalue weighted by atomic mass is 10.0. The molecular formula is C15H17N3O. The number of hydrogen-bond acceptors (Lipinski definition) is 2. The van der Waals surface area contributed by atoms with Gasteiger partial charge in [-0.05, 0) is 42.9 Å². The van der Waals surface area contributed by atoms with Gasteiger partial charge in [-0.2, -0.15) is 5.10 Å². The second kappa shape index (κ2) is 4.88. The Morgan fingerprint density at radius 2 is 2.21 bits per heavy atom. The number of amides is 1. The van der Waals surface area contributed by atoms with E-state index in [1.165, 1.54) is 24.0 Å². The first kappa shape index (κ1) is 12.0. The summed E-state index contributed by atoms with van der Waals surface area (Å²) in [6.07, 6.45) is 5.66. The van der Waals surface area contributed by atoms with Crippen LogP contribution in [0.3, 0.4) is 0 Å². The summed E-state index contributed by atoms with van der Waals surface area (Å²) in [4.78, 5) is 12.0. The Labute approximate surface area is 112 Å². The third-order valence-corrected chi connectivity index (χ3v) is 3.62. The van der Waals surface area contributed by atoms with E-state index in [-0.39, 0.29) is 5.91 Å². The molecule has 0 saturated heterocycles. The predicted molar refractivity (Wildman–Crippen MR) is 74.1 cm³/mol. The van der Waals surface area contributed by atoms with Gasteiger partial charge in [0.2, 0.25) is 5.91 Å². The molecule has 0 unspecified atom stereocenters. The van der Waals surface area contributed by atoms with Crippen LogP contribution in [0.4, 0.5) is 5.82 Å². The van der Waals surface area contributed by atoms with Gasteiger partial charge in [-0.3, -0.25) is 9.89 Å². The Hall–Kier alpha value is -2.10. The van der Waals surface area contributed by atoms with Gasteiger partial charge < -0.3 is 5.32 Å². The summed E-state index contributed by atoms with van der Waals surface area (Å²) in [5, 5.41) is 9.52. The predicted octanol–water partition coefficient (Wildman–Crippen LogP) is 2.39. The molecule has 0 atom stereocenters. The Kier molecular flexibility index (Phi) is 3.07. The Balaban J connectivity index is 1.68. The summed E-state index contributed by atoms with van der Waals surface area (Å²) in [5.74, 6) is 0.677. The summed E-state index contributed by atoms with van der Waals surface area (Å²) >= 11 is 0. The van der Waals surface area contributed by atoms with E-state index in [1.54, 1.807) is 6.20 Å². The van der Waals surface area contributed by atoms with Gasteiger partial charge in [0.15, 0.2) is 0 Å². The fraction of sp³-hybridized carbons (Fsp3) is 0.333. The maximum absolute atomic E-state index is 12.0. The number of fused-ring (bicyclic) bond motifs is 1. The summed E-state index contributed by atoms with van der Waals surface area (Å²) in [7, 11) is 0. The third-order valence-electron chi connectivity index (χ3n) is 3.62. The summed E-state index contributed by atoms with van der Waals surface area (Å²) in [5.41, 5.74) is 4.87. The number of rotatable bonds is 3. The molecule has 0 radical (unpaired) electrons. The molecule has 1 heterocycles. The van der Waals surface area contributed by atoms with Crippen molar-refractivity contribution in [1.82, 2.24) is 10.2 Å². The number of carbonyl (C=O) groups is 1. The van der Waals surface area contributed by atoms with Crippen LogP contribution in [0.5, 0.6) is 0 Å². The number of benzene rings is 1. The van der Waals surface area contributed by atoms with Gasteiger partial charge in [-0.25, -0.2) is 0 Å². The zero-order valence-electron chi connectivity index (χ0n) is 11.0. The molecule has 0 saturated carbocycles. The number of hydrogen-bond donors (Lipinski definition) is 2. The van der Waals surface area contributed by atoms with Gasteiger partial charge in [-0.1, -0.05) is 18.2 Å². The smallest absolute Gasteiger partial charge is 0.229 e. The fourth-order valence-electron chi connectivity index (χ4n) is 2.58. The van der Waals surface area contributed by atoms with Crippen LogP contribution in [-0.2, 0) is 24.1 Å².